The number of nitrogens with zero attached hydrogens (tertiary/aromatic N) is 3. The van der Waals surface area contributed by atoms with Gasteiger partial charge in [-0.25, -0.2) is 4.98 Å². The highest BCUT2D eigenvalue weighted by Gasteiger charge is 2.48. The fraction of sp³-hybridized carbons (Fsp3) is 0.714. The summed E-state index contributed by atoms with van der Waals surface area (Å²) in [5.41, 5.74) is 0.136. The van der Waals surface area contributed by atoms with Crippen molar-refractivity contribution in [2.75, 3.05) is 20.7 Å². The van der Waals surface area contributed by atoms with Crippen LogP contribution < -0.4 is 10.6 Å². The summed E-state index contributed by atoms with van der Waals surface area (Å²) >= 11 is 0. The van der Waals surface area contributed by atoms with E-state index < -0.39 is 0 Å². The molecule has 0 radical (unpaired) electrons. The largest absolute Gasteiger partial charge is 0.381 e. The van der Waals surface area contributed by atoms with E-state index in [1.54, 1.807) is 20.4 Å². The summed E-state index contributed by atoms with van der Waals surface area (Å²) in [6, 6.07) is 0.395. The molecule has 1 aromatic rings. The predicted molar refractivity (Wildman–Crippen MR) is 79.7 cm³/mol. The summed E-state index contributed by atoms with van der Waals surface area (Å²) in [4.78, 5) is 8.30. The van der Waals surface area contributed by atoms with Crippen LogP contribution in [0.2, 0.25) is 0 Å². The summed E-state index contributed by atoms with van der Waals surface area (Å²) in [5, 5.41) is 6.80. The van der Waals surface area contributed by atoms with Crippen LogP contribution in [0.1, 0.15) is 20.3 Å². The van der Waals surface area contributed by atoms with Crippen LogP contribution in [0.3, 0.4) is 0 Å². The predicted octanol–water partition coefficient (Wildman–Crippen LogP) is 0.862. The van der Waals surface area contributed by atoms with E-state index >= 15 is 0 Å². The van der Waals surface area contributed by atoms with Gasteiger partial charge in [0.15, 0.2) is 5.96 Å². The van der Waals surface area contributed by atoms with Crippen molar-refractivity contribution in [1.82, 2.24) is 20.2 Å². The lowest BCUT2D eigenvalue weighted by atomic mass is 9.64. The highest BCUT2D eigenvalue weighted by Crippen LogP contribution is 2.42. The summed E-state index contributed by atoms with van der Waals surface area (Å²) < 4.78 is 7.50. The smallest absolute Gasteiger partial charge is 0.191 e. The van der Waals surface area contributed by atoms with Crippen LogP contribution >= 0.6 is 0 Å². The molecule has 2 N–H and O–H groups in total. The third-order valence-electron chi connectivity index (χ3n) is 4.22. The average Bonchev–Trinajstić information content (AvgIpc) is 2.94. The maximum Gasteiger partial charge on any atom is 0.191 e. The van der Waals surface area contributed by atoms with Gasteiger partial charge in [-0.1, -0.05) is 13.8 Å². The Balaban J connectivity index is 1.76. The summed E-state index contributed by atoms with van der Waals surface area (Å²) in [5.74, 6) is 0.845. The minimum atomic E-state index is 0.136. The van der Waals surface area contributed by atoms with Gasteiger partial charge in [-0.3, -0.25) is 4.99 Å². The summed E-state index contributed by atoms with van der Waals surface area (Å²) in [6.45, 7) is 6.13. The molecule has 2 rings (SSSR count). The SMILES string of the molecule is CN=C(NCCn1ccnc1)NC1CC(OC)C1(C)C. The van der Waals surface area contributed by atoms with Crippen LogP contribution in [0, 0.1) is 5.41 Å². The van der Waals surface area contributed by atoms with Crippen molar-refractivity contribution in [2.45, 2.75) is 39.0 Å². The molecule has 1 aromatic heterocycles. The Morgan fingerprint density at radius 1 is 1.55 bits per heavy atom. The molecule has 2 atom stereocenters. The molecule has 0 aliphatic heterocycles. The number of hydrogen-bond acceptors (Lipinski definition) is 3. The Hall–Kier alpha value is -1.56. The molecule has 1 saturated carbocycles. The Kier molecular flexibility index (Phi) is 4.65. The van der Waals surface area contributed by atoms with Crippen LogP contribution in [-0.4, -0.2) is 48.4 Å². The van der Waals surface area contributed by atoms with E-state index in [9.17, 15) is 0 Å². The number of nitrogens with one attached hydrogen (secondary N) is 2. The number of ether oxygens (including phenoxy) is 1. The molecule has 0 amide bonds. The van der Waals surface area contributed by atoms with Crippen molar-refractivity contribution in [1.29, 1.82) is 0 Å². The number of aliphatic imine (C=N–C) groups is 1. The number of hydrogen-bond donors (Lipinski definition) is 2. The molecule has 0 spiro atoms. The van der Waals surface area contributed by atoms with E-state index in [1.165, 1.54) is 0 Å². The van der Waals surface area contributed by atoms with Crippen LogP contribution in [0.15, 0.2) is 23.7 Å². The molecule has 1 heterocycles. The van der Waals surface area contributed by atoms with Gasteiger partial charge in [0.2, 0.25) is 0 Å². The molecule has 112 valence electrons. The van der Waals surface area contributed by atoms with Crippen molar-refractivity contribution >= 4 is 5.96 Å². The van der Waals surface area contributed by atoms with Crippen molar-refractivity contribution in [3.05, 3.63) is 18.7 Å². The van der Waals surface area contributed by atoms with E-state index in [1.807, 2.05) is 17.1 Å². The van der Waals surface area contributed by atoms with Crippen LogP contribution in [0.25, 0.3) is 0 Å². The lowest BCUT2D eigenvalue weighted by molar-refractivity contribution is -0.0922. The van der Waals surface area contributed by atoms with Crippen molar-refractivity contribution in [2.24, 2.45) is 10.4 Å². The molecule has 1 aliphatic carbocycles. The van der Waals surface area contributed by atoms with Crippen molar-refractivity contribution in [3.8, 4) is 0 Å². The number of methoxy groups -OCH3 is 1. The van der Waals surface area contributed by atoms with E-state index in [0.29, 0.717) is 12.1 Å². The quantitative estimate of drug-likeness (QED) is 0.620. The average molecular weight is 279 g/mol. The van der Waals surface area contributed by atoms with E-state index in [0.717, 1.165) is 25.5 Å². The lowest BCUT2D eigenvalue weighted by Gasteiger charge is -2.51. The third kappa shape index (κ3) is 3.12. The van der Waals surface area contributed by atoms with Gasteiger partial charge in [0, 0.05) is 51.1 Å². The van der Waals surface area contributed by atoms with E-state index in [2.05, 4.69) is 34.5 Å². The van der Waals surface area contributed by atoms with Gasteiger partial charge in [0.1, 0.15) is 0 Å². The Bertz CT molecular complexity index is 440. The molecular formula is C14H25N5O. The second-order valence-electron chi connectivity index (χ2n) is 5.78. The molecule has 0 bridgehead atoms. The first kappa shape index (κ1) is 14.8. The Morgan fingerprint density at radius 3 is 2.90 bits per heavy atom. The van der Waals surface area contributed by atoms with Gasteiger partial charge < -0.3 is 19.9 Å². The molecule has 0 saturated heterocycles. The van der Waals surface area contributed by atoms with Crippen LogP contribution in [0.5, 0.6) is 0 Å². The van der Waals surface area contributed by atoms with Gasteiger partial charge in [-0.15, -0.1) is 0 Å². The Labute approximate surface area is 120 Å². The van der Waals surface area contributed by atoms with Gasteiger partial charge in [-0.2, -0.15) is 0 Å². The van der Waals surface area contributed by atoms with Crippen LogP contribution in [-0.2, 0) is 11.3 Å². The maximum atomic E-state index is 5.47. The normalized spacial score (nSPS) is 25.1. The number of guanidine groups is 1. The first-order chi connectivity index (χ1) is 9.57. The number of imidazole rings is 1. The van der Waals surface area contributed by atoms with Crippen LogP contribution in [0.4, 0.5) is 0 Å². The van der Waals surface area contributed by atoms with Gasteiger partial charge in [-0.05, 0) is 6.42 Å². The maximum absolute atomic E-state index is 5.47. The minimum absolute atomic E-state index is 0.136. The Morgan fingerprint density at radius 2 is 2.35 bits per heavy atom. The zero-order chi connectivity index (χ0) is 14.6. The monoisotopic (exact) mass is 279 g/mol. The van der Waals surface area contributed by atoms with Crippen molar-refractivity contribution in [3.63, 3.8) is 0 Å². The van der Waals surface area contributed by atoms with E-state index in [-0.39, 0.29) is 5.41 Å². The second-order valence-corrected chi connectivity index (χ2v) is 5.78. The zero-order valence-corrected chi connectivity index (χ0v) is 12.8. The number of aromatic nitrogens is 2. The lowest BCUT2D eigenvalue weighted by Crippen LogP contribution is -2.63. The first-order valence-corrected chi connectivity index (χ1v) is 7.03. The minimum Gasteiger partial charge on any atom is -0.381 e. The summed E-state index contributed by atoms with van der Waals surface area (Å²) in [7, 11) is 3.58. The second kappa shape index (κ2) is 6.26. The summed E-state index contributed by atoms with van der Waals surface area (Å²) in [6.07, 6.45) is 6.90. The third-order valence-corrected chi connectivity index (χ3v) is 4.22. The molecule has 1 aliphatic rings. The standard InChI is InChI=1S/C14H25N5O/c1-14(2)11(9-12(14)20-4)18-13(15-3)17-6-8-19-7-5-16-10-19/h5,7,10-12H,6,8-9H2,1-4H3,(H2,15,17,18). The highest BCUT2D eigenvalue weighted by molar-refractivity contribution is 5.80. The molecule has 20 heavy (non-hydrogen) atoms. The first-order valence-electron chi connectivity index (χ1n) is 7.03. The topological polar surface area (TPSA) is 63.5 Å². The van der Waals surface area contributed by atoms with E-state index in [4.69, 9.17) is 4.74 Å². The molecular weight excluding hydrogens is 254 g/mol. The van der Waals surface area contributed by atoms with Gasteiger partial charge in [0.05, 0.1) is 12.4 Å². The molecule has 0 aromatic carbocycles. The van der Waals surface area contributed by atoms with Crippen molar-refractivity contribution < 1.29 is 4.74 Å². The number of rotatable bonds is 5. The molecule has 6 heteroatoms. The molecule has 2 unspecified atom stereocenters. The molecule has 1 fully saturated rings. The van der Waals surface area contributed by atoms with Gasteiger partial charge >= 0.3 is 0 Å². The fourth-order valence-corrected chi connectivity index (χ4v) is 2.61. The highest BCUT2D eigenvalue weighted by atomic mass is 16.5. The van der Waals surface area contributed by atoms with Gasteiger partial charge in [0.25, 0.3) is 0 Å². The fourth-order valence-electron chi connectivity index (χ4n) is 2.61. The molecule has 6 nitrogen and oxygen atoms in total. The zero-order valence-electron chi connectivity index (χ0n) is 12.8.